The van der Waals surface area contributed by atoms with Crippen molar-refractivity contribution in [2.75, 3.05) is 69.6 Å². The first-order valence-electron chi connectivity index (χ1n) is 20.1. The van der Waals surface area contributed by atoms with Gasteiger partial charge in [0.05, 0.1) is 56.8 Å². The van der Waals surface area contributed by atoms with E-state index >= 15 is 0 Å². The number of anilines is 3. The van der Waals surface area contributed by atoms with Crippen LogP contribution in [0.2, 0.25) is 0 Å². The molecule has 16 heteroatoms. The second kappa shape index (κ2) is 22.6. The summed E-state index contributed by atoms with van der Waals surface area (Å²) < 4.78 is 18.1. The first-order chi connectivity index (χ1) is 29.9. The van der Waals surface area contributed by atoms with Crippen LogP contribution in [0.3, 0.4) is 0 Å². The third-order valence-electron chi connectivity index (χ3n) is 9.87. The fourth-order valence-corrected chi connectivity index (χ4v) is 6.84. The zero-order valence-electron chi connectivity index (χ0n) is 36.0. The third kappa shape index (κ3) is 12.8. The Balaban J connectivity index is 1.30. The van der Waals surface area contributed by atoms with Crippen LogP contribution in [-0.4, -0.2) is 90.4 Å². The smallest absolute Gasteiger partial charge is 0.260 e. The number of likely N-dealkylation sites (N-methyl/N-ethyl adjacent to an activating group) is 2. The van der Waals surface area contributed by atoms with Crippen molar-refractivity contribution in [1.29, 1.82) is 0 Å². The van der Waals surface area contributed by atoms with Gasteiger partial charge in [0, 0.05) is 49.0 Å². The molecule has 62 heavy (non-hydrogen) atoms. The molecule has 4 amide bonds. The minimum atomic E-state index is -0.506. The van der Waals surface area contributed by atoms with Crippen LogP contribution in [0.25, 0.3) is 0 Å². The SMILES string of the molecule is C=C(/C=C\CCC=N/C(C)=C/C(=C)OCc1cc(COc2cc3c(cc2OC)C(=O)N2c4ccccc4C[C@H]2CN3)cc(N(C)C(=O)CNC(=O)CNC(=O)CNC)c1)NOC. The molecule has 2 aliphatic heterocycles. The number of aliphatic imine (C=N–C) groups is 1. The van der Waals surface area contributed by atoms with Crippen LogP contribution in [0.5, 0.6) is 11.5 Å². The predicted octanol–water partition coefficient (Wildman–Crippen LogP) is 4.69. The van der Waals surface area contributed by atoms with E-state index < -0.39 is 11.8 Å². The number of nitrogens with one attached hydrogen (secondary N) is 5. The first-order valence-corrected chi connectivity index (χ1v) is 20.1. The van der Waals surface area contributed by atoms with E-state index in [1.165, 1.54) is 19.1 Å². The number of fused-ring (bicyclic) bond motifs is 4. The van der Waals surface area contributed by atoms with E-state index in [9.17, 15) is 19.2 Å². The zero-order chi connectivity index (χ0) is 44.6. The number of unbranched alkanes of at least 4 members (excludes halogenated alkanes) is 1. The third-order valence-corrected chi connectivity index (χ3v) is 9.87. The van der Waals surface area contributed by atoms with Gasteiger partial charge >= 0.3 is 0 Å². The highest BCUT2D eigenvalue weighted by atomic mass is 16.6. The van der Waals surface area contributed by atoms with Crippen LogP contribution in [-0.2, 0) is 43.6 Å². The minimum Gasteiger partial charge on any atom is -0.493 e. The molecule has 0 bridgehead atoms. The summed E-state index contributed by atoms with van der Waals surface area (Å²) in [6.07, 6.45) is 9.59. The van der Waals surface area contributed by atoms with Gasteiger partial charge in [0.15, 0.2) is 11.5 Å². The number of methoxy groups -OCH3 is 1. The summed E-state index contributed by atoms with van der Waals surface area (Å²) in [4.78, 5) is 64.0. The summed E-state index contributed by atoms with van der Waals surface area (Å²) in [6.45, 7) is 9.94. The number of benzene rings is 3. The number of nitrogens with zero attached hydrogens (tertiary/aromatic N) is 3. The van der Waals surface area contributed by atoms with Gasteiger partial charge in [0.25, 0.3) is 5.91 Å². The van der Waals surface area contributed by atoms with Crippen molar-refractivity contribution < 1.29 is 38.2 Å². The van der Waals surface area contributed by atoms with Crippen LogP contribution in [0, 0.1) is 0 Å². The number of amides is 4. The number of rotatable bonds is 22. The maximum absolute atomic E-state index is 14.0. The molecule has 0 unspecified atom stereocenters. The van der Waals surface area contributed by atoms with Gasteiger partial charge in [-0.05, 0) is 86.3 Å². The summed E-state index contributed by atoms with van der Waals surface area (Å²) in [5.41, 5.74) is 9.12. The van der Waals surface area contributed by atoms with E-state index in [1.807, 2.05) is 54.5 Å². The van der Waals surface area contributed by atoms with Crippen LogP contribution in [0.1, 0.15) is 46.8 Å². The molecule has 5 rings (SSSR count). The van der Waals surface area contributed by atoms with E-state index in [0.29, 0.717) is 63.3 Å². The van der Waals surface area contributed by atoms with Crippen molar-refractivity contribution in [3.63, 3.8) is 0 Å². The van der Waals surface area contributed by atoms with Crippen molar-refractivity contribution in [3.8, 4) is 11.5 Å². The van der Waals surface area contributed by atoms with Gasteiger partial charge in [-0.1, -0.05) is 37.4 Å². The van der Waals surface area contributed by atoms with Crippen molar-refractivity contribution in [1.82, 2.24) is 21.4 Å². The van der Waals surface area contributed by atoms with Crippen LogP contribution < -0.4 is 46.0 Å². The molecule has 3 aromatic rings. The number of hydroxylamine groups is 1. The second-order valence-electron chi connectivity index (χ2n) is 14.6. The molecule has 0 aliphatic carbocycles. The lowest BCUT2D eigenvalue weighted by Gasteiger charge is -2.23. The molecule has 0 saturated heterocycles. The highest BCUT2D eigenvalue weighted by Crippen LogP contribution is 2.40. The van der Waals surface area contributed by atoms with Crippen molar-refractivity contribution in [2.45, 2.75) is 45.4 Å². The number of allylic oxidation sites excluding steroid dienone is 4. The largest absolute Gasteiger partial charge is 0.493 e. The van der Waals surface area contributed by atoms with Gasteiger partial charge in [-0.3, -0.25) is 34.5 Å². The maximum atomic E-state index is 14.0. The Labute approximate surface area is 362 Å². The van der Waals surface area contributed by atoms with Crippen molar-refractivity contribution in [3.05, 3.63) is 125 Å². The van der Waals surface area contributed by atoms with E-state index in [1.54, 1.807) is 44.4 Å². The molecule has 16 nitrogen and oxygen atoms in total. The molecule has 2 heterocycles. The Hall–Kier alpha value is -6.91. The Morgan fingerprint density at radius 3 is 2.47 bits per heavy atom. The number of ether oxygens (including phenoxy) is 3. The number of para-hydroxylation sites is 1. The summed E-state index contributed by atoms with van der Waals surface area (Å²) in [6, 6.07) is 16.9. The molecule has 0 fully saturated rings. The van der Waals surface area contributed by atoms with Crippen molar-refractivity contribution in [2.24, 2.45) is 4.99 Å². The molecule has 328 valence electrons. The molecule has 0 saturated carbocycles. The molecular weight excluding hydrogens is 793 g/mol. The molecule has 2 aliphatic rings. The Morgan fingerprint density at radius 2 is 1.71 bits per heavy atom. The van der Waals surface area contributed by atoms with Crippen LogP contribution in [0.4, 0.5) is 17.1 Å². The minimum absolute atomic E-state index is 0.0322. The average molecular weight is 849 g/mol. The molecule has 3 aromatic carbocycles. The molecular formula is C46H56N8O8. The monoisotopic (exact) mass is 848 g/mol. The van der Waals surface area contributed by atoms with Gasteiger partial charge in [-0.2, -0.15) is 0 Å². The first kappa shape index (κ1) is 46.2. The predicted molar refractivity (Wildman–Crippen MR) is 240 cm³/mol. The highest BCUT2D eigenvalue weighted by molar-refractivity contribution is 6.12. The highest BCUT2D eigenvalue weighted by Gasteiger charge is 2.37. The number of hydrogen-bond acceptors (Lipinski definition) is 12. The Kier molecular flexibility index (Phi) is 16.8. The number of hydrogen-bond donors (Lipinski definition) is 5. The fourth-order valence-electron chi connectivity index (χ4n) is 6.84. The molecule has 0 spiro atoms. The van der Waals surface area contributed by atoms with E-state index in [0.717, 1.165) is 30.5 Å². The summed E-state index contributed by atoms with van der Waals surface area (Å²) in [7, 11) is 6.27. The fraction of sp³-hybridized carbons (Fsp3) is 0.326. The summed E-state index contributed by atoms with van der Waals surface area (Å²) in [5.74, 6) is -0.169. The van der Waals surface area contributed by atoms with Crippen LogP contribution in [0.15, 0.2) is 108 Å². The van der Waals surface area contributed by atoms with Gasteiger partial charge in [-0.15, -0.1) is 0 Å². The molecule has 0 aromatic heterocycles. The summed E-state index contributed by atoms with van der Waals surface area (Å²) >= 11 is 0. The van der Waals surface area contributed by atoms with Gasteiger partial charge in [0.1, 0.15) is 19.0 Å². The van der Waals surface area contributed by atoms with E-state index in [4.69, 9.17) is 19.0 Å². The standard InChI is InChI=1S/C46H56N8O8/c1-30(52-60-7)13-9-8-12-16-48-31(2)17-32(3)61-28-33-18-34(20-36(19-33)53(5)45(57)27-51-44(56)26-50-43(55)25-47-4)29-62-42-23-39-38(22-41(42)59-6)46(58)54-37(24-49-39)21-35-14-10-11-15-40(35)54/h9-11,13-20,22-23,37,47,49,52H,1,3,8,12,21,24-29H2,2,4-7H3,(H,50,55)(H,51,56)/b13-9-,31-17+,48-16?/t37-/m0/s1. The lowest BCUT2D eigenvalue weighted by atomic mass is 10.1. The topological polar surface area (TPSA) is 184 Å². The van der Waals surface area contributed by atoms with Gasteiger partial charge < -0.3 is 45.3 Å². The Bertz CT molecular complexity index is 2240. The average Bonchev–Trinajstić information content (AvgIpc) is 3.58. The maximum Gasteiger partial charge on any atom is 0.260 e. The quantitative estimate of drug-likeness (QED) is 0.0311. The summed E-state index contributed by atoms with van der Waals surface area (Å²) in [5, 5.41) is 11.2. The Morgan fingerprint density at radius 1 is 0.968 bits per heavy atom. The second-order valence-corrected chi connectivity index (χ2v) is 14.6. The molecule has 1 atom stereocenters. The van der Waals surface area contributed by atoms with Crippen molar-refractivity contribution >= 4 is 46.9 Å². The van der Waals surface area contributed by atoms with E-state index in [-0.39, 0.29) is 50.7 Å². The number of carbonyl (C=O) groups is 4. The molecule has 0 radical (unpaired) electrons. The molecule has 5 N–H and O–H groups in total. The lowest BCUT2D eigenvalue weighted by molar-refractivity contribution is -0.126. The van der Waals surface area contributed by atoms with Gasteiger partial charge in [0.2, 0.25) is 17.7 Å². The zero-order valence-corrected chi connectivity index (χ0v) is 36.0. The van der Waals surface area contributed by atoms with Crippen LogP contribution >= 0.6 is 0 Å². The normalized spacial score (nSPS) is 14.3. The van der Waals surface area contributed by atoms with E-state index in [2.05, 4.69) is 51.0 Å². The lowest BCUT2D eigenvalue weighted by Crippen LogP contribution is -2.43. The van der Waals surface area contributed by atoms with Gasteiger partial charge in [-0.25, -0.2) is 0 Å². The number of carbonyl (C=O) groups excluding carboxylic acids is 4.